The molecule has 1 aliphatic rings. The maximum absolute atomic E-state index is 4.82. The van der Waals surface area contributed by atoms with E-state index in [4.69, 9.17) is 4.99 Å². The van der Waals surface area contributed by atoms with E-state index in [0.717, 1.165) is 12.8 Å². The zero-order valence-corrected chi connectivity index (χ0v) is 12.1. The van der Waals surface area contributed by atoms with Crippen LogP contribution in [0.5, 0.6) is 0 Å². The third-order valence-electron chi connectivity index (χ3n) is 4.53. The van der Waals surface area contributed by atoms with Gasteiger partial charge in [0.05, 0.1) is 5.54 Å². The van der Waals surface area contributed by atoms with Gasteiger partial charge in [0.1, 0.15) is 0 Å². The molecule has 0 fully saturated rings. The maximum atomic E-state index is 4.82. The molecule has 88 valence electrons. The van der Waals surface area contributed by atoms with E-state index in [2.05, 4.69) is 53.7 Å². The fourth-order valence-electron chi connectivity index (χ4n) is 2.64. The van der Waals surface area contributed by atoms with Gasteiger partial charge in [-0.2, -0.15) is 0 Å². The Labute approximate surface area is 114 Å². The standard InChI is InChI=1S/C14H25N.Li.H/c1-7-12(3,4)14(10-9-11-15-14)13(5,6)8-2;;/h9-11H,7-8H2,1-6H3;;/q;+1;-1. The molecule has 1 rings (SSSR count). The molecule has 1 aliphatic heterocycles. The van der Waals surface area contributed by atoms with Crippen LogP contribution in [0.15, 0.2) is 17.1 Å². The van der Waals surface area contributed by atoms with E-state index < -0.39 is 0 Å². The molecule has 0 saturated heterocycles. The number of aliphatic imine (C=N–C) groups is 1. The van der Waals surface area contributed by atoms with Crippen LogP contribution in [-0.4, -0.2) is 11.8 Å². The van der Waals surface area contributed by atoms with Crippen molar-refractivity contribution in [1.82, 2.24) is 0 Å². The van der Waals surface area contributed by atoms with E-state index in [-0.39, 0.29) is 36.7 Å². The molecule has 0 aromatic rings. The molecule has 0 atom stereocenters. The van der Waals surface area contributed by atoms with Gasteiger partial charge in [-0.3, -0.25) is 4.99 Å². The van der Waals surface area contributed by atoms with Gasteiger partial charge in [-0.1, -0.05) is 47.6 Å². The van der Waals surface area contributed by atoms with Crippen LogP contribution in [0.1, 0.15) is 55.8 Å². The summed E-state index contributed by atoms with van der Waals surface area (Å²) in [6.07, 6.45) is 8.68. The molecule has 0 amide bonds. The quantitative estimate of drug-likeness (QED) is 0.628. The van der Waals surface area contributed by atoms with Crippen molar-refractivity contribution in [2.75, 3.05) is 0 Å². The maximum Gasteiger partial charge on any atom is 1.00 e. The Bertz CT molecular complexity index is 263. The average molecular weight is 215 g/mol. The third kappa shape index (κ3) is 2.18. The van der Waals surface area contributed by atoms with E-state index in [9.17, 15) is 0 Å². The summed E-state index contributed by atoms with van der Waals surface area (Å²) in [4.78, 5) is 4.82. The molecular formula is C14H26LiN. The van der Waals surface area contributed by atoms with Gasteiger partial charge in [0.15, 0.2) is 0 Å². The van der Waals surface area contributed by atoms with Crippen LogP contribution >= 0.6 is 0 Å². The van der Waals surface area contributed by atoms with Crippen molar-refractivity contribution in [1.29, 1.82) is 0 Å². The smallest absolute Gasteiger partial charge is 1.00 e. The Morgan fingerprint density at radius 3 is 1.75 bits per heavy atom. The number of hydrogen-bond donors (Lipinski definition) is 0. The first-order chi connectivity index (χ1) is 6.83. The van der Waals surface area contributed by atoms with Crippen LogP contribution in [-0.2, 0) is 0 Å². The minimum atomic E-state index is -0.0243. The summed E-state index contributed by atoms with van der Waals surface area (Å²) in [6.45, 7) is 13.8. The molecule has 0 aromatic carbocycles. The first kappa shape index (κ1) is 16.0. The van der Waals surface area contributed by atoms with Crippen molar-refractivity contribution in [2.45, 2.75) is 59.9 Å². The molecule has 0 spiro atoms. The monoisotopic (exact) mass is 215 g/mol. The predicted molar refractivity (Wildman–Crippen MR) is 69.6 cm³/mol. The summed E-state index contributed by atoms with van der Waals surface area (Å²) < 4.78 is 0. The van der Waals surface area contributed by atoms with E-state index in [1.165, 1.54) is 0 Å². The van der Waals surface area contributed by atoms with Crippen molar-refractivity contribution in [2.24, 2.45) is 15.8 Å². The van der Waals surface area contributed by atoms with E-state index in [1.54, 1.807) is 0 Å². The summed E-state index contributed by atoms with van der Waals surface area (Å²) in [6, 6.07) is 0. The minimum Gasteiger partial charge on any atom is -1.00 e. The van der Waals surface area contributed by atoms with Gasteiger partial charge in [-0.05, 0) is 29.7 Å². The first-order valence-corrected chi connectivity index (χ1v) is 6.06. The van der Waals surface area contributed by atoms with Gasteiger partial charge in [-0.25, -0.2) is 0 Å². The van der Waals surface area contributed by atoms with Gasteiger partial charge in [0.2, 0.25) is 0 Å². The first-order valence-electron chi connectivity index (χ1n) is 6.06. The van der Waals surface area contributed by atoms with E-state index in [1.807, 2.05) is 6.21 Å². The second-order valence-corrected chi connectivity index (χ2v) is 5.88. The number of allylic oxidation sites excluding steroid dienone is 1. The Morgan fingerprint density at radius 2 is 1.50 bits per heavy atom. The Kier molecular flexibility index (Phi) is 5.11. The van der Waals surface area contributed by atoms with Crippen molar-refractivity contribution >= 4 is 6.21 Å². The van der Waals surface area contributed by atoms with Crippen LogP contribution in [0.2, 0.25) is 0 Å². The second-order valence-electron chi connectivity index (χ2n) is 5.88. The molecule has 1 nitrogen and oxygen atoms in total. The van der Waals surface area contributed by atoms with Crippen LogP contribution in [0.3, 0.4) is 0 Å². The van der Waals surface area contributed by atoms with E-state index in [0.29, 0.717) is 0 Å². The Hall–Kier alpha value is 0.00740. The van der Waals surface area contributed by atoms with Gasteiger partial charge in [-0.15, -0.1) is 0 Å². The fraction of sp³-hybridized carbons (Fsp3) is 0.786. The normalized spacial score (nSPS) is 18.6. The van der Waals surface area contributed by atoms with Crippen LogP contribution in [0.4, 0.5) is 0 Å². The summed E-state index contributed by atoms with van der Waals surface area (Å²) in [7, 11) is 0. The summed E-state index contributed by atoms with van der Waals surface area (Å²) in [5, 5.41) is 0. The molecule has 1 heterocycles. The van der Waals surface area contributed by atoms with Crippen molar-refractivity contribution in [3.05, 3.63) is 12.2 Å². The molecule has 0 saturated carbocycles. The molecule has 0 aromatic heterocycles. The summed E-state index contributed by atoms with van der Waals surface area (Å²) in [5.74, 6) is 0. The zero-order valence-electron chi connectivity index (χ0n) is 13.1. The Morgan fingerprint density at radius 1 is 1.06 bits per heavy atom. The molecule has 2 heteroatoms. The molecule has 0 N–H and O–H groups in total. The van der Waals surface area contributed by atoms with Gasteiger partial charge in [0.25, 0.3) is 0 Å². The molecule has 0 unspecified atom stereocenters. The minimum absolute atomic E-state index is 0. The van der Waals surface area contributed by atoms with Gasteiger partial charge in [0, 0.05) is 6.21 Å². The topological polar surface area (TPSA) is 12.4 Å². The molecular weight excluding hydrogens is 189 g/mol. The van der Waals surface area contributed by atoms with Crippen molar-refractivity contribution in [3.8, 4) is 0 Å². The second kappa shape index (κ2) is 5.11. The van der Waals surface area contributed by atoms with Crippen LogP contribution in [0.25, 0.3) is 0 Å². The Balaban J connectivity index is 0. The molecule has 16 heavy (non-hydrogen) atoms. The summed E-state index contributed by atoms with van der Waals surface area (Å²) >= 11 is 0. The molecule has 0 aliphatic carbocycles. The van der Waals surface area contributed by atoms with Crippen LogP contribution < -0.4 is 18.9 Å². The zero-order chi connectivity index (χ0) is 11.7. The molecule has 0 radical (unpaired) electrons. The SMILES string of the molecule is CCC(C)(C)C1(C(C)(C)CC)C=CC=N1.[H-].[Li+]. The number of hydrogen-bond acceptors (Lipinski definition) is 1. The largest absolute Gasteiger partial charge is 1.00 e. The van der Waals surface area contributed by atoms with Crippen molar-refractivity contribution in [3.63, 3.8) is 0 Å². The van der Waals surface area contributed by atoms with Crippen LogP contribution in [0, 0.1) is 10.8 Å². The van der Waals surface area contributed by atoms with Gasteiger partial charge >= 0.3 is 18.9 Å². The number of rotatable bonds is 4. The third-order valence-corrected chi connectivity index (χ3v) is 4.53. The van der Waals surface area contributed by atoms with Crippen molar-refractivity contribution < 1.29 is 20.3 Å². The fourth-order valence-corrected chi connectivity index (χ4v) is 2.64. The predicted octanol–water partition coefficient (Wildman–Crippen LogP) is 1.35. The number of nitrogens with zero attached hydrogens (tertiary/aromatic N) is 1. The molecule has 0 bridgehead atoms. The van der Waals surface area contributed by atoms with Gasteiger partial charge < -0.3 is 1.43 Å². The average Bonchev–Trinajstić information content (AvgIpc) is 2.68. The van der Waals surface area contributed by atoms with E-state index >= 15 is 0 Å². The summed E-state index contributed by atoms with van der Waals surface area (Å²) in [5.41, 5.74) is 0.412.